The number of hydrogen-bond acceptors (Lipinski definition) is 2. The number of hydrogen-bond donors (Lipinski definition) is 0. The summed E-state index contributed by atoms with van der Waals surface area (Å²) in [6, 6.07) is 8.90. The second-order valence-corrected chi connectivity index (χ2v) is 6.13. The monoisotopic (exact) mass is 289 g/mol. The summed E-state index contributed by atoms with van der Waals surface area (Å²) in [4.78, 5) is 14.4. The molecule has 0 aliphatic carbocycles. The highest BCUT2D eigenvalue weighted by atomic mass is 16.5. The molecule has 1 amide bonds. The van der Waals surface area contributed by atoms with E-state index in [-0.39, 0.29) is 0 Å². The van der Waals surface area contributed by atoms with Crippen molar-refractivity contribution in [2.24, 2.45) is 0 Å². The molecule has 2 unspecified atom stereocenters. The van der Waals surface area contributed by atoms with Gasteiger partial charge in [-0.1, -0.05) is 24.3 Å². The first-order valence-corrected chi connectivity index (χ1v) is 7.97. The highest BCUT2D eigenvalue weighted by Gasteiger charge is 2.33. The van der Waals surface area contributed by atoms with Crippen LogP contribution < -0.4 is 0 Å². The van der Waals surface area contributed by atoms with Crippen LogP contribution in [0.5, 0.6) is 0 Å². The quantitative estimate of drug-likeness (QED) is 0.750. The maximum atomic E-state index is 12.4. The number of rotatable bonds is 6. The molecule has 1 aliphatic rings. The van der Waals surface area contributed by atoms with E-state index >= 15 is 0 Å². The van der Waals surface area contributed by atoms with E-state index in [1.54, 1.807) is 7.11 Å². The van der Waals surface area contributed by atoms with Crippen LogP contribution in [0, 0.1) is 6.92 Å². The lowest BCUT2D eigenvalue weighted by molar-refractivity contribution is -0.131. The van der Waals surface area contributed by atoms with Crippen LogP contribution >= 0.6 is 0 Å². The molecule has 0 spiro atoms. The fraction of sp³-hybridized carbons (Fsp3) is 0.611. The molecule has 3 nitrogen and oxygen atoms in total. The molecule has 1 aliphatic heterocycles. The predicted octanol–water partition coefficient (Wildman–Crippen LogP) is 3.52. The normalized spacial score (nSPS) is 21.8. The number of benzene rings is 1. The van der Waals surface area contributed by atoms with E-state index in [1.807, 2.05) is 0 Å². The van der Waals surface area contributed by atoms with Gasteiger partial charge in [-0.2, -0.15) is 0 Å². The zero-order chi connectivity index (χ0) is 15.2. The largest absolute Gasteiger partial charge is 0.385 e. The van der Waals surface area contributed by atoms with Crippen LogP contribution in [0.3, 0.4) is 0 Å². The van der Waals surface area contributed by atoms with Crippen molar-refractivity contribution in [1.82, 2.24) is 4.90 Å². The van der Waals surface area contributed by atoms with Gasteiger partial charge in [0.1, 0.15) is 0 Å². The molecule has 3 heteroatoms. The number of unbranched alkanes of at least 4 members (excludes halogenated alkanes) is 1. The molecule has 0 N–H and O–H groups in total. The van der Waals surface area contributed by atoms with Crippen molar-refractivity contribution in [1.29, 1.82) is 0 Å². The Morgan fingerprint density at radius 1 is 1.33 bits per heavy atom. The third kappa shape index (κ3) is 4.07. The van der Waals surface area contributed by atoms with E-state index < -0.39 is 0 Å². The lowest BCUT2D eigenvalue weighted by atomic mass is 9.93. The molecule has 116 valence electrons. The Kier molecular flexibility index (Phi) is 5.80. The second-order valence-electron chi connectivity index (χ2n) is 6.13. The number of aryl methyl sites for hydroxylation is 1. The van der Waals surface area contributed by atoms with Crippen molar-refractivity contribution in [3.63, 3.8) is 0 Å². The van der Waals surface area contributed by atoms with Gasteiger partial charge in [-0.25, -0.2) is 0 Å². The lowest BCUT2D eigenvalue weighted by Gasteiger charge is -2.21. The summed E-state index contributed by atoms with van der Waals surface area (Å²) in [5.74, 6) is 0.791. The van der Waals surface area contributed by atoms with E-state index in [9.17, 15) is 4.79 Å². The minimum absolute atomic E-state index is 0.301. The van der Waals surface area contributed by atoms with Crippen LogP contribution in [0.1, 0.15) is 49.7 Å². The fourth-order valence-electron chi connectivity index (χ4n) is 3.31. The molecule has 2 rings (SSSR count). The maximum Gasteiger partial charge on any atom is 0.222 e. The maximum absolute atomic E-state index is 12.4. The summed E-state index contributed by atoms with van der Waals surface area (Å²) < 4.78 is 5.03. The Hall–Kier alpha value is -1.35. The Balaban J connectivity index is 1.92. The molecule has 1 saturated heterocycles. The number of ether oxygens (including phenoxy) is 1. The third-order valence-corrected chi connectivity index (χ3v) is 4.51. The minimum Gasteiger partial charge on any atom is -0.385 e. The zero-order valence-electron chi connectivity index (χ0n) is 13.5. The molecule has 1 heterocycles. The lowest BCUT2D eigenvalue weighted by Crippen LogP contribution is -2.33. The van der Waals surface area contributed by atoms with E-state index in [4.69, 9.17) is 4.74 Å². The van der Waals surface area contributed by atoms with Gasteiger partial charge in [0, 0.05) is 38.6 Å². The van der Waals surface area contributed by atoms with Gasteiger partial charge in [0.05, 0.1) is 0 Å². The van der Waals surface area contributed by atoms with Crippen molar-refractivity contribution in [2.45, 2.75) is 51.5 Å². The average Bonchev–Trinajstić information content (AvgIpc) is 2.86. The smallest absolute Gasteiger partial charge is 0.222 e. The fourth-order valence-corrected chi connectivity index (χ4v) is 3.31. The predicted molar refractivity (Wildman–Crippen MR) is 85.4 cm³/mol. The molecule has 1 aromatic carbocycles. The van der Waals surface area contributed by atoms with Gasteiger partial charge in [-0.05, 0) is 44.2 Å². The minimum atomic E-state index is 0.301. The molecular formula is C18H27NO2. The van der Waals surface area contributed by atoms with Crippen LogP contribution in [-0.4, -0.2) is 37.1 Å². The van der Waals surface area contributed by atoms with E-state index in [0.717, 1.165) is 32.4 Å². The van der Waals surface area contributed by atoms with Crippen molar-refractivity contribution in [3.8, 4) is 0 Å². The summed E-state index contributed by atoms with van der Waals surface area (Å²) in [5, 5.41) is 0. The molecule has 1 fully saturated rings. The molecule has 0 aromatic heterocycles. The standard InChI is InChI=1S/C18H27NO2/c1-14-8-4-5-9-17(14)16-12-15(2)19(13-16)18(20)10-6-7-11-21-3/h4-5,8-9,15-16H,6-7,10-13H2,1-3H3. The third-order valence-electron chi connectivity index (χ3n) is 4.51. The molecular weight excluding hydrogens is 262 g/mol. The van der Waals surface area contributed by atoms with Gasteiger partial charge >= 0.3 is 0 Å². The van der Waals surface area contributed by atoms with Gasteiger partial charge < -0.3 is 9.64 Å². The summed E-state index contributed by atoms with van der Waals surface area (Å²) in [6.07, 6.45) is 3.61. The van der Waals surface area contributed by atoms with Crippen LogP contribution in [-0.2, 0) is 9.53 Å². The van der Waals surface area contributed by atoms with E-state index in [0.29, 0.717) is 24.3 Å². The topological polar surface area (TPSA) is 29.5 Å². The molecule has 0 radical (unpaired) electrons. The Labute approximate surface area is 128 Å². The van der Waals surface area contributed by atoms with E-state index in [2.05, 4.69) is 43.0 Å². The van der Waals surface area contributed by atoms with Crippen molar-refractivity contribution >= 4 is 5.91 Å². The highest BCUT2D eigenvalue weighted by Crippen LogP contribution is 2.33. The van der Waals surface area contributed by atoms with Crippen LogP contribution in [0.4, 0.5) is 0 Å². The van der Waals surface area contributed by atoms with Gasteiger partial charge in [-0.15, -0.1) is 0 Å². The van der Waals surface area contributed by atoms with Crippen LogP contribution in [0.15, 0.2) is 24.3 Å². The molecule has 1 aromatic rings. The van der Waals surface area contributed by atoms with Gasteiger partial charge in [-0.3, -0.25) is 4.79 Å². The Bertz CT molecular complexity index is 472. The number of carbonyl (C=O) groups excluding carboxylic acids is 1. The summed E-state index contributed by atoms with van der Waals surface area (Å²) >= 11 is 0. The molecule has 0 saturated carbocycles. The van der Waals surface area contributed by atoms with Gasteiger partial charge in [0.2, 0.25) is 5.91 Å². The van der Waals surface area contributed by atoms with Crippen molar-refractivity contribution in [3.05, 3.63) is 35.4 Å². The zero-order valence-corrected chi connectivity index (χ0v) is 13.5. The van der Waals surface area contributed by atoms with Crippen LogP contribution in [0.2, 0.25) is 0 Å². The summed E-state index contributed by atoms with van der Waals surface area (Å²) in [7, 11) is 1.71. The summed E-state index contributed by atoms with van der Waals surface area (Å²) in [5.41, 5.74) is 2.74. The number of methoxy groups -OCH3 is 1. The average molecular weight is 289 g/mol. The number of nitrogens with zero attached hydrogens (tertiary/aromatic N) is 1. The van der Waals surface area contributed by atoms with Crippen LogP contribution in [0.25, 0.3) is 0 Å². The Morgan fingerprint density at radius 3 is 2.81 bits per heavy atom. The van der Waals surface area contributed by atoms with Crippen molar-refractivity contribution in [2.75, 3.05) is 20.3 Å². The first kappa shape index (κ1) is 16.0. The van der Waals surface area contributed by atoms with Gasteiger partial charge in [0.15, 0.2) is 0 Å². The number of carbonyl (C=O) groups is 1. The molecule has 0 bridgehead atoms. The molecule has 21 heavy (non-hydrogen) atoms. The summed E-state index contributed by atoms with van der Waals surface area (Å²) in [6.45, 7) is 5.95. The molecule has 2 atom stereocenters. The second kappa shape index (κ2) is 7.60. The highest BCUT2D eigenvalue weighted by molar-refractivity contribution is 5.77. The van der Waals surface area contributed by atoms with E-state index in [1.165, 1.54) is 11.1 Å². The number of amides is 1. The first-order valence-electron chi connectivity index (χ1n) is 7.97. The Morgan fingerprint density at radius 2 is 2.10 bits per heavy atom. The number of likely N-dealkylation sites (tertiary alicyclic amines) is 1. The SMILES string of the molecule is COCCCCC(=O)N1CC(c2ccccc2C)CC1C. The van der Waals surface area contributed by atoms with Gasteiger partial charge in [0.25, 0.3) is 0 Å². The first-order chi connectivity index (χ1) is 10.1. The van der Waals surface area contributed by atoms with Crippen molar-refractivity contribution < 1.29 is 9.53 Å².